The summed E-state index contributed by atoms with van der Waals surface area (Å²) in [5.41, 5.74) is 2.86. The van der Waals surface area contributed by atoms with Crippen molar-refractivity contribution in [2.75, 3.05) is 18.9 Å². The molecule has 132 valence electrons. The van der Waals surface area contributed by atoms with Crippen molar-refractivity contribution < 1.29 is 4.79 Å². The number of hydrogen-bond acceptors (Lipinski definition) is 5. The highest BCUT2D eigenvalue weighted by Gasteiger charge is 2.12. The van der Waals surface area contributed by atoms with Crippen molar-refractivity contribution in [1.82, 2.24) is 19.9 Å². The summed E-state index contributed by atoms with van der Waals surface area (Å²) in [5.74, 6) is 0.699. The minimum Gasteiger partial charge on any atom is -0.366 e. The molecule has 0 unspecified atom stereocenters. The summed E-state index contributed by atoms with van der Waals surface area (Å²) in [6, 6.07) is 11.4. The van der Waals surface area contributed by atoms with E-state index in [1.807, 2.05) is 30.3 Å². The molecule has 0 aromatic carbocycles. The number of anilines is 1. The maximum Gasteiger partial charge on any atom is 0.255 e. The number of hydrogen-bond donors (Lipinski definition) is 1. The zero-order chi connectivity index (χ0) is 18.2. The van der Waals surface area contributed by atoms with Gasteiger partial charge in [-0.2, -0.15) is 0 Å². The molecule has 0 spiro atoms. The van der Waals surface area contributed by atoms with Gasteiger partial charge in [0.1, 0.15) is 5.82 Å². The molecular formula is C20H21N5O. The Balaban J connectivity index is 1.52. The number of likely N-dealkylation sites (N-methyl/N-ethyl adjacent to an activating group) is 1. The first-order valence-electron chi connectivity index (χ1n) is 8.45. The Morgan fingerprint density at radius 1 is 0.962 bits per heavy atom. The Hall–Kier alpha value is -3.28. The predicted octanol–water partition coefficient (Wildman–Crippen LogP) is 2.80. The van der Waals surface area contributed by atoms with Crippen LogP contribution in [-0.4, -0.2) is 39.4 Å². The van der Waals surface area contributed by atoms with Crippen LogP contribution in [0.4, 0.5) is 5.82 Å². The van der Waals surface area contributed by atoms with Gasteiger partial charge in [-0.1, -0.05) is 0 Å². The average molecular weight is 347 g/mol. The molecule has 3 heterocycles. The highest BCUT2D eigenvalue weighted by atomic mass is 16.2. The molecule has 0 saturated heterocycles. The first-order chi connectivity index (χ1) is 12.7. The van der Waals surface area contributed by atoms with Crippen molar-refractivity contribution in [3.05, 3.63) is 84.1 Å². The van der Waals surface area contributed by atoms with Gasteiger partial charge in [-0.15, -0.1) is 0 Å². The van der Waals surface area contributed by atoms with Gasteiger partial charge < -0.3 is 10.2 Å². The number of rotatable bonds is 7. The van der Waals surface area contributed by atoms with Gasteiger partial charge in [0.2, 0.25) is 0 Å². The van der Waals surface area contributed by atoms with Crippen LogP contribution in [0.3, 0.4) is 0 Å². The van der Waals surface area contributed by atoms with Crippen LogP contribution in [0.2, 0.25) is 0 Å². The quantitative estimate of drug-likeness (QED) is 0.712. The number of pyridine rings is 3. The summed E-state index contributed by atoms with van der Waals surface area (Å²) < 4.78 is 0. The molecule has 3 rings (SSSR count). The molecule has 0 aliphatic heterocycles. The van der Waals surface area contributed by atoms with E-state index < -0.39 is 0 Å². The minimum atomic E-state index is -0.0350. The second-order valence-corrected chi connectivity index (χ2v) is 5.97. The zero-order valence-electron chi connectivity index (χ0n) is 14.7. The van der Waals surface area contributed by atoms with Crippen molar-refractivity contribution in [1.29, 1.82) is 0 Å². The van der Waals surface area contributed by atoms with E-state index in [-0.39, 0.29) is 5.91 Å². The summed E-state index contributed by atoms with van der Waals surface area (Å²) in [5, 5.41) is 3.23. The van der Waals surface area contributed by atoms with Gasteiger partial charge in [0, 0.05) is 51.1 Å². The van der Waals surface area contributed by atoms with Gasteiger partial charge in [-0.25, -0.2) is 4.98 Å². The summed E-state index contributed by atoms with van der Waals surface area (Å²) in [6.07, 6.45) is 9.45. The van der Waals surface area contributed by atoms with Crippen LogP contribution in [0.5, 0.6) is 0 Å². The fraction of sp³-hybridized carbons (Fsp3) is 0.200. The fourth-order valence-corrected chi connectivity index (χ4v) is 2.49. The number of carbonyl (C=O) groups excluding carboxylic acids is 1. The first-order valence-corrected chi connectivity index (χ1v) is 8.45. The summed E-state index contributed by atoms with van der Waals surface area (Å²) in [7, 11) is 1.80. The molecule has 0 aliphatic carbocycles. The Morgan fingerprint density at radius 3 is 2.23 bits per heavy atom. The number of nitrogens with one attached hydrogen (secondary N) is 1. The number of aromatic nitrogens is 3. The lowest BCUT2D eigenvalue weighted by atomic mass is 10.2. The van der Waals surface area contributed by atoms with E-state index in [4.69, 9.17) is 0 Å². The highest BCUT2D eigenvalue weighted by molar-refractivity contribution is 5.93. The van der Waals surface area contributed by atoms with Crippen molar-refractivity contribution >= 4 is 11.7 Å². The summed E-state index contributed by atoms with van der Waals surface area (Å²) >= 11 is 0. The van der Waals surface area contributed by atoms with Crippen LogP contribution in [0.25, 0.3) is 0 Å². The number of amides is 1. The number of nitrogens with zero attached hydrogens (tertiary/aromatic N) is 4. The van der Waals surface area contributed by atoms with Crippen LogP contribution in [0.15, 0.2) is 67.4 Å². The molecule has 3 aromatic rings. The van der Waals surface area contributed by atoms with Gasteiger partial charge in [0.05, 0.1) is 5.56 Å². The molecule has 6 heteroatoms. The van der Waals surface area contributed by atoms with Crippen molar-refractivity contribution in [2.24, 2.45) is 0 Å². The smallest absolute Gasteiger partial charge is 0.255 e. The van der Waals surface area contributed by atoms with Crippen LogP contribution in [0, 0.1) is 0 Å². The summed E-state index contributed by atoms with van der Waals surface area (Å²) in [4.78, 5) is 26.5. The average Bonchev–Trinajstić information content (AvgIpc) is 2.72. The molecule has 0 aliphatic rings. The largest absolute Gasteiger partial charge is 0.366 e. The summed E-state index contributed by atoms with van der Waals surface area (Å²) in [6.45, 7) is 1.31. The topological polar surface area (TPSA) is 71.0 Å². The van der Waals surface area contributed by atoms with Crippen molar-refractivity contribution in [2.45, 2.75) is 13.0 Å². The zero-order valence-corrected chi connectivity index (χ0v) is 14.7. The molecule has 6 nitrogen and oxygen atoms in total. The maximum atomic E-state index is 12.5. The van der Waals surface area contributed by atoms with Crippen LogP contribution in [0.1, 0.15) is 21.5 Å². The number of carbonyl (C=O) groups is 1. The second-order valence-electron chi connectivity index (χ2n) is 5.97. The molecule has 0 bridgehead atoms. The van der Waals surface area contributed by atoms with E-state index in [0.29, 0.717) is 18.7 Å². The van der Waals surface area contributed by atoms with Crippen molar-refractivity contribution in [3.63, 3.8) is 0 Å². The fourth-order valence-electron chi connectivity index (χ4n) is 2.49. The van der Waals surface area contributed by atoms with E-state index in [9.17, 15) is 4.79 Å². The Kier molecular flexibility index (Phi) is 5.88. The molecule has 1 N–H and O–H groups in total. The molecule has 0 radical (unpaired) electrons. The third-order valence-electron chi connectivity index (χ3n) is 4.07. The third kappa shape index (κ3) is 4.86. The maximum absolute atomic E-state index is 12.5. The second kappa shape index (κ2) is 8.71. The van der Waals surface area contributed by atoms with Crippen LogP contribution in [-0.2, 0) is 13.0 Å². The lowest BCUT2D eigenvalue weighted by Gasteiger charge is -2.17. The molecule has 1 amide bonds. The van der Waals surface area contributed by atoms with E-state index >= 15 is 0 Å². The molecule has 0 atom stereocenters. The van der Waals surface area contributed by atoms with E-state index in [0.717, 1.165) is 23.4 Å². The molecule has 0 fully saturated rings. The first kappa shape index (κ1) is 17.5. The Morgan fingerprint density at radius 2 is 1.62 bits per heavy atom. The molecule has 0 saturated carbocycles. The lowest BCUT2D eigenvalue weighted by Crippen LogP contribution is -2.29. The van der Waals surface area contributed by atoms with Crippen LogP contribution >= 0.6 is 0 Å². The van der Waals surface area contributed by atoms with Gasteiger partial charge in [-0.3, -0.25) is 14.8 Å². The van der Waals surface area contributed by atoms with Gasteiger partial charge in [-0.05, 0) is 53.9 Å². The highest BCUT2D eigenvalue weighted by Crippen LogP contribution is 2.10. The lowest BCUT2D eigenvalue weighted by molar-refractivity contribution is 0.0796. The van der Waals surface area contributed by atoms with Gasteiger partial charge in [0.25, 0.3) is 5.91 Å². The molecule has 3 aromatic heterocycles. The van der Waals surface area contributed by atoms with Gasteiger partial charge in [0.15, 0.2) is 0 Å². The molecular weight excluding hydrogens is 326 g/mol. The van der Waals surface area contributed by atoms with E-state index in [1.165, 1.54) is 0 Å². The Bertz CT molecular complexity index is 822. The van der Waals surface area contributed by atoms with Gasteiger partial charge >= 0.3 is 0 Å². The standard InChI is InChI=1S/C20H21N5O/c1-25(13-8-16-4-9-21-10-5-16)20(26)18-2-3-19(24-15-18)23-14-17-6-11-22-12-7-17/h2-7,9-12,15H,8,13-14H2,1H3,(H,23,24). The van der Waals surface area contributed by atoms with E-state index in [1.54, 1.807) is 49.0 Å². The molecule has 26 heavy (non-hydrogen) atoms. The predicted molar refractivity (Wildman–Crippen MR) is 101 cm³/mol. The Labute approximate surface area is 153 Å². The monoisotopic (exact) mass is 347 g/mol. The SMILES string of the molecule is CN(CCc1ccncc1)C(=O)c1ccc(NCc2ccncc2)nc1. The van der Waals surface area contributed by atoms with Crippen LogP contribution < -0.4 is 5.32 Å². The van der Waals surface area contributed by atoms with Crippen molar-refractivity contribution in [3.8, 4) is 0 Å². The van der Waals surface area contributed by atoms with E-state index in [2.05, 4.69) is 20.3 Å². The minimum absolute atomic E-state index is 0.0350. The normalized spacial score (nSPS) is 10.3. The third-order valence-corrected chi connectivity index (χ3v) is 4.07.